The smallest absolute Gasteiger partial charge is 0.188 e. The van der Waals surface area contributed by atoms with Crippen molar-refractivity contribution in [3.8, 4) is 0 Å². The predicted octanol–water partition coefficient (Wildman–Crippen LogP) is 2.82. The maximum Gasteiger partial charge on any atom is 0.188 e. The molecule has 0 aromatic carbocycles. The topological polar surface area (TPSA) is 53.6 Å². The zero-order chi connectivity index (χ0) is 14.4. The van der Waals surface area contributed by atoms with Gasteiger partial charge in [0, 0.05) is 19.1 Å². The lowest BCUT2D eigenvalue weighted by atomic mass is 9.82. The number of guanidine groups is 1. The van der Waals surface area contributed by atoms with Gasteiger partial charge in [-0.25, -0.2) is 0 Å². The molecule has 3 unspecified atom stereocenters. The Bertz CT molecular complexity index is 321. The molecule has 5 heteroatoms. The van der Waals surface area contributed by atoms with Gasteiger partial charge in [0.1, 0.15) is 0 Å². The van der Waals surface area contributed by atoms with E-state index in [4.69, 9.17) is 5.73 Å². The highest BCUT2D eigenvalue weighted by Crippen LogP contribution is 2.28. The van der Waals surface area contributed by atoms with Crippen LogP contribution in [-0.2, 0) is 0 Å². The number of aliphatic imine (C=N–C) groups is 1. The van der Waals surface area contributed by atoms with Gasteiger partial charge in [0.25, 0.3) is 0 Å². The average molecular weight is 408 g/mol. The normalized spacial score (nSPS) is 31.0. The summed E-state index contributed by atoms with van der Waals surface area (Å²) in [6.07, 6.45) is 8.01. The maximum atomic E-state index is 6.01. The van der Waals surface area contributed by atoms with Gasteiger partial charge in [-0.2, -0.15) is 0 Å². The van der Waals surface area contributed by atoms with E-state index >= 15 is 0 Å². The van der Waals surface area contributed by atoms with Crippen molar-refractivity contribution in [2.24, 2.45) is 22.6 Å². The molecule has 1 aliphatic heterocycles. The first kappa shape index (κ1) is 19.0. The van der Waals surface area contributed by atoms with E-state index in [0.29, 0.717) is 12.0 Å². The molecule has 0 radical (unpaired) electrons. The largest absolute Gasteiger partial charge is 0.370 e. The first-order valence-electron chi connectivity index (χ1n) is 8.46. The van der Waals surface area contributed by atoms with Crippen LogP contribution in [0.3, 0.4) is 0 Å². The van der Waals surface area contributed by atoms with Crippen LogP contribution in [0.25, 0.3) is 0 Å². The second-order valence-electron chi connectivity index (χ2n) is 6.67. The molecule has 1 saturated heterocycles. The standard InChI is InChI=1S/C16H32N4.HI/c1-3-20-9-5-8-15(20)12-19-16(17)18-11-14-7-4-6-13(2)10-14;/h13-15H,3-12H2,1-2H3,(H3,17,18,19);1H. The van der Waals surface area contributed by atoms with Crippen LogP contribution in [0.5, 0.6) is 0 Å². The number of rotatable bonds is 5. The molecule has 0 spiro atoms. The zero-order valence-electron chi connectivity index (χ0n) is 13.7. The lowest BCUT2D eigenvalue weighted by molar-refractivity contribution is 0.267. The van der Waals surface area contributed by atoms with E-state index in [1.165, 1.54) is 45.1 Å². The van der Waals surface area contributed by atoms with Gasteiger partial charge in [0.2, 0.25) is 0 Å². The van der Waals surface area contributed by atoms with Crippen molar-refractivity contribution in [2.75, 3.05) is 26.2 Å². The van der Waals surface area contributed by atoms with Gasteiger partial charge in [-0.05, 0) is 50.6 Å². The van der Waals surface area contributed by atoms with Gasteiger partial charge >= 0.3 is 0 Å². The average Bonchev–Trinajstić information content (AvgIpc) is 2.90. The fourth-order valence-corrected chi connectivity index (χ4v) is 3.77. The van der Waals surface area contributed by atoms with E-state index in [1.807, 2.05) is 0 Å². The molecule has 124 valence electrons. The summed E-state index contributed by atoms with van der Waals surface area (Å²) in [5.41, 5.74) is 6.01. The van der Waals surface area contributed by atoms with E-state index in [9.17, 15) is 0 Å². The van der Waals surface area contributed by atoms with Crippen molar-refractivity contribution < 1.29 is 0 Å². The van der Waals surface area contributed by atoms with Crippen LogP contribution in [-0.4, -0.2) is 43.1 Å². The van der Waals surface area contributed by atoms with E-state index < -0.39 is 0 Å². The molecule has 0 aromatic rings. The van der Waals surface area contributed by atoms with E-state index in [0.717, 1.165) is 31.5 Å². The van der Waals surface area contributed by atoms with Crippen LogP contribution in [0.15, 0.2) is 4.99 Å². The Balaban J connectivity index is 0.00000220. The Morgan fingerprint density at radius 3 is 2.81 bits per heavy atom. The molecular weight excluding hydrogens is 375 g/mol. The van der Waals surface area contributed by atoms with Gasteiger partial charge in [-0.1, -0.05) is 26.7 Å². The van der Waals surface area contributed by atoms with Crippen molar-refractivity contribution in [3.05, 3.63) is 0 Å². The molecule has 4 nitrogen and oxygen atoms in total. The van der Waals surface area contributed by atoms with Crippen molar-refractivity contribution in [1.82, 2.24) is 10.2 Å². The molecule has 2 rings (SSSR count). The maximum absolute atomic E-state index is 6.01. The van der Waals surface area contributed by atoms with Gasteiger partial charge < -0.3 is 11.1 Å². The number of hydrogen-bond donors (Lipinski definition) is 2. The fraction of sp³-hybridized carbons (Fsp3) is 0.938. The Kier molecular flexibility index (Phi) is 8.94. The van der Waals surface area contributed by atoms with Gasteiger partial charge in [-0.3, -0.25) is 9.89 Å². The summed E-state index contributed by atoms with van der Waals surface area (Å²) in [5, 5.41) is 3.33. The Morgan fingerprint density at radius 2 is 2.10 bits per heavy atom. The van der Waals surface area contributed by atoms with E-state index in [2.05, 4.69) is 29.1 Å². The Hall–Kier alpha value is -0.0400. The van der Waals surface area contributed by atoms with Crippen LogP contribution in [0.2, 0.25) is 0 Å². The van der Waals surface area contributed by atoms with Gasteiger partial charge in [0.05, 0.1) is 0 Å². The third-order valence-corrected chi connectivity index (χ3v) is 4.99. The van der Waals surface area contributed by atoms with Crippen LogP contribution >= 0.6 is 24.0 Å². The fourth-order valence-electron chi connectivity index (χ4n) is 3.77. The lowest BCUT2D eigenvalue weighted by Crippen LogP contribution is -2.43. The first-order valence-corrected chi connectivity index (χ1v) is 8.46. The summed E-state index contributed by atoms with van der Waals surface area (Å²) < 4.78 is 0. The highest BCUT2D eigenvalue weighted by atomic mass is 127. The minimum absolute atomic E-state index is 0. The Labute approximate surface area is 147 Å². The van der Waals surface area contributed by atoms with Crippen LogP contribution in [0, 0.1) is 11.8 Å². The van der Waals surface area contributed by atoms with Crippen molar-refractivity contribution in [1.29, 1.82) is 0 Å². The van der Waals surface area contributed by atoms with E-state index in [-0.39, 0.29) is 24.0 Å². The minimum Gasteiger partial charge on any atom is -0.370 e. The lowest BCUT2D eigenvalue weighted by Gasteiger charge is -2.25. The number of halogens is 1. The summed E-state index contributed by atoms with van der Waals surface area (Å²) in [4.78, 5) is 7.09. The molecular formula is C16H33IN4. The molecule has 0 aromatic heterocycles. The van der Waals surface area contributed by atoms with Crippen molar-refractivity contribution in [2.45, 2.75) is 58.4 Å². The van der Waals surface area contributed by atoms with Crippen LogP contribution in [0.4, 0.5) is 0 Å². The van der Waals surface area contributed by atoms with Crippen LogP contribution in [0.1, 0.15) is 52.4 Å². The first-order chi connectivity index (χ1) is 9.69. The second-order valence-corrected chi connectivity index (χ2v) is 6.67. The second kappa shape index (κ2) is 9.87. The summed E-state index contributed by atoms with van der Waals surface area (Å²) in [5.74, 6) is 2.26. The zero-order valence-corrected chi connectivity index (χ0v) is 16.0. The Morgan fingerprint density at radius 1 is 1.29 bits per heavy atom. The third kappa shape index (κ3) is 6.30. The predicted molar refractivity (Wildman–Crippen MR) is 101 cm³/mol. The van der Waals surface area contributed by atoms with Crippen molar-refractivity contribution in [3.63, 3.8) is 0 Å². The molecule has 3 atom stereocenters. The number of likely N-dealkylation sites (tertiary alicyclic amines) is 1. The molecule has 0 amide bonds. The molecule has 1 heterocycles. The molecule has 2 aliphatic rings. The molecule has 2 fully saturated rings. The SMILES string of the molecule is CCN1CCCC1CNC(N)=NCC1CCCC(C)C1.I. The third-order valence-electron chi connectivity index (χ3n) is 4.99. The number of nitrogens with one attached hydrogen (secondary N) is 1. The quantitative estimate of drug-likeness (QED) is 0.418. The summed E-state index contributed by atoms with van der Waals surface area (Å²) in [7, 11) is 0. The summed E-state index contributed by atoms with van der Waals surface area (Å²) in [6.45, 7) is 8.83. The number of nitrogens with zero attached hydrogens (tertiary/aromatic N) is 2. The van der Waals surface area contributed by atoms with Gasteiger partial charge in [-0.15, -0.1) is 24.0 Å². The molecule has 3 N–H and O–H groups in total. The molecule has 1 saturated carbocycles. The van der Waals surface area contributed by atoms with E-state index in [1.54, 1.807) is 0 Å². The number of hydrogen-bond acceptors (Lipinski definition) is 2. The molecule has 0 bridgehead atoms. The summed E-state index contributed by atoms with van der Waals surface area (Å²) in [6, 6.07) is 0.642. The number of likely N-dealkylation sites (N-methyl/N-ethyl adjacent to an activating group) is 1. The van der Waals surface area contributed by atoms with Crippen LogP contribution < -0.4 is 11.1 Å². The highest BCUT2D eigenvalue weighted by molar-refractivity contribution is 14.0. The monoisotopic (exact) mass is 408 g/mol. The molecule has 21 heavy (non-hydrogen) atoms. The minimum atomic E-state index is 0. The van der Waals surface area contributed by atoms with Gasteiger partial charge in [0.15, 0.2) is 5.96 Å². The van der Waals surface area contributed by atoms with Crippen molar-refractivity contribution >= 4 is 29.9 Å². The summed E-state index contributed by atoms with van der Waals surface area (Å²) >= 11 is 0. The molecule has 1 aliphatic carbocycles. The number of nitrogens with two attached hydrogens (primary N) is 1. The highest BCUT2D eigenvalue weighted by Gasteiger charge is 2.22.